The monoisotopic (exact) mass is 632 g/mol. The van der Waals surface area contributed by atoms with Crippen LogP contribution in [0.4, 0.5) is 37.8 Å². The Bertz CT molecular complexity index is 1650. The highest BCUT2D eigenvalue weighted by Crippen LogP contribution is 2.29. The summed E-state index contributed by atoms with van der Waals surface area (Å²) in [5, 5.41) is 10.00. The van der Waals surface area contributed by atoms with Gasteiger partial charge < -0.3 is 30.3 Å². The Kier molecular flexibility index (Phi) is 9.61. The van der Waals surface area contributed by atoms with Gasteiger partial charge in [0, 0.05) is 44.3 Å². The second kappa shape index (κ2) is 14.3. The van der Waals surface area contributed by atoms with Gasteiger partial charge in [0.25, 0.3) is 0 Å². The lowest BCUT2D eigenvalue weighted by molar-refractivity contribution is 0.123. The van der Waals surface area contributed by atoms with Crippen molar-refractivity contribution in [3.63, 3.8) is 0 Å². The quantitative estimate of drug-likeness (QED) is 0.236. The molecule has 14 nitrogen and oxygen atoms in total. The number of hydrogen-bond donors (Lipinski definition) is 3. The number of morpholine rings is 2. The summed E-state index contributed by atoms with van der Waals surface area (Å²) in [7, 11) is 0. The van der Waals surface area contributed by atoms with E-state index in [-0.39, 0.29) is 0 Å². The number of pyridine rings is 1. The van der Waals surface area contributed by atoms with E-state index in [9.17, 15) is 0 Å². The molecule has 7 rings (SSSR count). The number of anilines is 7. The number of aryl methyl sites for hydroxylation is 1. The van der Waals surface area contributed by atoms with Crippen LogP contribution >= 0.6 is 22.7 Å². The van der Waals surface area contributed by atoms with Gasteiger partial charge in [0.05, 0.1) is 38.8 Å². The second-order valence-electron chi connectivity index (χ2n) is 9.68. The SMILES string of the molecule is Cc1cccc(-c2nccc(Nc3ccnc(Nc4ncc(N5CCOCC5)s4)n3)n2)n1.Nc1ncc(N2CCOCC2)s1. The van der Waals surface area contributed by atoms with Gasteiger partial charge in [-0.1, -0.05) is 28.7 Å². The lowest BCUT2D eigenvalue weighted by Crippen LogP contribution is -2.35. The average molecular weight is 633 g/mol. The molecule has 5 aromatic heterocycles. The van der Waals surface area contributed by atoms with Gasteiger partial charge >= 0.3 is 0 Å². The van der Waals surface area contributed by atoms with Crippen molar-refractivity contribution >= 4 is 60.5 Å². The van der Waals surface area contributed by atoms with Gasteiger partial charge in [-0.2, -0.15) is 4.98 Å². The Hall–Kier alpha value is -4.51. The normalized spacial score (nSPS) is 14.9. The van der Waals surface area contributed by atoms with E-state index in [0.29, 0.717) is 28.5 Å². The van der Waals surface area contributed by atoms with Crippen LogP contribution in [0.3, 0.4) is 0 Å². The Morgan fingerprint density at radius 2 is 1.39 bits per heavy atom. The molecule has 0 spiro atoms. The van der Waals surface area contributed by atoms with E-state index in [1.807, 2.05) is 37.5 Å². The van der Waals surface area contributed by atoms with E-state index in [0.717, 1.165) is 79.1 Å². The molecule has 0 radical (unpaired) electrons. The van der Waals surface area contributed by atoms with Crippen molar-refractivity contribution in [2.45, 2.75) is 6.92 Å². The third-order valence-corrected chi connectivity index (χ3v) is 8.41. The van der Waals surface area contributed by atoms with Crippen LogP contribution in [0.25, 0.3) is 11.5 Å². The first kappa shape index (κ1) is 29.6. The minimum absolute atomic E-state index is 0.451. The number of nitrogen functional groups attached to an aromatic ring is 1. The zero-order valence-electron chi connectivity index (χ0n) is 24.1. The second-order valence-corrected chi connectivity index (χ2v) is 11.7. The number of nitrogens with two attached hydrogens (primary N) is 1. The maximum absolute atomic E-state index is 5.53. The third-order valence-electron chi connectivity index (χ3n) is 6.55. The van der Waals surface area contributed by atoms with Crippen LogP contribution < -0.4 is 26.2 Å². The molecule has 2 fully saturated rings. The maximum Gasteiger partial charge on any atom is 0.230 e. The van der Waals surface area contributed by atoms with Gasteiger partial charge in [-0.25, -0.2) is 29.9 Å². The molecule has 0 atom stereocenters. The summed E-state index contributed by atoms with van der Waals surface area (Å²) in [6.07, 6.45) is 7.06. The molecule has 16 heteroatoms. The van der Waals surface area contributed by atoms with Crippen LogP contribution in [0.2, 0.25) is 0 Å². The van der Waals surface area contributed by atoms with Gasteiger partial charge in [0.1, 0.15) is 27.3 Å². The van der Waals surface area contributed by atoms with Gasteiger partial charge in [-0.3, -0.25) is 5.32 Å². The summed E-state index contributed by atoms with van der Waals surface area (Å²) in [5.74, 6) is 2.22. The molecule has 2 saturated heterocycles. The highest BCUT2D eigenvalue weighted by molar-refractivity contribution is 7.19. The van der Waals surface area contributed by atoms with E-state index in [1.165, 1.54) is 11.3 Å². The number of nitrogens with one attached hydrogen (secondary N) is 2. The zero-order chi connectivity index (χ0) is 30.1. The fraction of sp³-hybridized carbons (Fsp3) is 0.321. The first-order valence-electron chi connectivity index (χ1n) is 14.1. The highest BCUT2D eigenvalue weighted by Gasteiger charge is 2.15. The predicted molar refractivity (Wildman–Crippen MR) is 173 cm³/mol. The topological polar surface area (TPSA) is 165 Å². The number of hydrogen-bond acceptors (Lipinski definition) is 16. The molecule has 0 amide bonds. The maximum atomic E-state index is 5.53. The van der Waals surface area contributed by atoms with Crippen molar-refractivity contribution in [1.82, 2.24) is 34.9 Å². The van der Waals surface area contributed by atoms with Crippen molar-refractivity contribution < 1.29 is 9.47 Å². The number of ether oxygens (including phenoxy) is 2. The molecule has 7 heterocycles. The summed E-state index contributed by atoms with van der Waals surface area (Å²) in [4.78, 5) is 35.2. The summed E-state index contributed by atoms with van der Waals surface area (Å²) in [6.45, 7) is 8.66. The summed E-state index contributed by atoms with van der Waals surface area (Å²) in [6, 6.07) is 9.32. The molecule has 0 aromatic carbocycles. The molecule has 0 saturated carbocycles. The Morgan fingerprint density at radius 1 is 0.727 bits per heavy atom. The average Bonchev–Trinajstić information content (AvgIpc) is 3.72. The lowest BCUT2D eigenvalue weighted by Gasteiger charge is -2.26. The minimum Gasteiger partial charge on any atom is -0.378 e. The molecular formula is C28H32N12O2S2. The van der Waals surface area contributed by atoms with E-state index in [2.05, 4.69) is 55.3 Å². The number of nitrogens with zero attached hydrogens (tertiary/aromatic N) is 9. The van der Waals surface area contributed by atoms with E-state index in [4.69, 9.17) is 15.2 Å². The minimum atomic E-state index is 0.451. The lowest BCUT2D eigenvalue weighted by atomic mass is 10.3. The number of aromatic nitrogens is 7. The summed E-state index contributed by atoms with van der Waals surface area (Å²) < 4.78 is 10.7. The molecule has 5 aromatic rings. The van der Waals surface area contributed by atoms with Crippen LogP contribution in [0.5, 0.6) is 0 Å². The zero-order valence-corrected chi connectivity index (χ0v) is 25.7. The van der Waals surface area contributed by atoms with Crippen LogP contribution in [-0.4, -0.2) is 87.5 Å². The van der Waals surface area contributed by atoms with Gasteiger partial charge in [0.15, 0.2) is 16.1 Å². The van der Waals surface area contributed by atoms with Crippen molar-refractivity contribution in [1.29, 1.82) is 0 Å². The Balaban J connectivity index is 0.000000238. The standard InChI is InChI=1S/C21H21N9OS.C7H11N3OS/c1-14-3-2-4-15(25-14)19-22-7-5-16(27-19)26-17-6-8-23-20(28-17)29-21-24-13-18(32-21)30-9-11-31-12-10-30;8-7-9-5-6(12-7)10-1-3-11-4-2-10/h2-8,13H,9-12H2,1H3,(H2,22,23,24,26,27,28,29);5H,1-4H2,(H2,8,9). The van der Waals surface area contributed by atoms with Gasteiger partial charge in [-0.15, -0.1) is 0 Å². The molecule has 0 aliphatic carbocycles. The fourth-order valence-electron chi connectivity index (χ4n) is 4.40. The molecule has 0 unspecified atom stereocenters. The van der Waals surface area contributed by atoms with Crippen LogP contribution in [0.1, 0.15) is 5.69 Å². The van der Waals surface area contributed by atoms with Gasteiger partial charge in [0.2, 0.25) is 5.95 Å². The number of rotatable bonds is 7. The van der Waals surface area contributed by atoms with E-state index in [1.54, 1.807) is 35.9 Å². The number of thiazole rings is 2. The summed E-state index contributed by atoms with van der Waals surface area (Å²) >= 11 is 3.10. The first-order chi connectivity index (χ1) is 21.6. The largest absolute Gasteiger partial charge is 0.378 e. The first-order valence-corrected chi connectivity index (χ1v) is 15.7. The van der Waals surface area contributed by atoms with Crippen LogP contribution in [0.15, 0.2) is 55.1 Å². The third kappa shape index (κ3) is 7.90. The van der Waals surface area contributed by atoms with Crippen molar-refractivity contribution in [2.24, 2.45) is 0 Å². The predicted octanol–water partition coefficient (Wildman–Crippen LogP) is 3.98. The fourth-order valence-corrected chi connectivity index (χ4v) is 6.00. The molecule has 4 N–H and O–H groups in total. The summed E-state index contributed by atoms with van der Waals surface area (Å²) in [5.41, 5.74) is 7.17. The van der Waals surface area contributed by atoms with Crippen LogP contribution in [0, 0.1) is 6.92 Å². The molecule has 2 aliphatic rings. The molecule has 44 heavy (non-hydrogen) atoms. The smallest absolute Gasteiger partial charge is 0.230 e. The van der Waals surface area contributed by atoms with E-state index >= 15 is 0 Å². The van der Waals surface area contributed by atoms with Crippen molar-refractivity contribution in [3.05, 3.63) is 60.8 Å². The van der Waals surface area contributed by atoms with Gasteiger partial charge in [-0.05, 0) is 31.2 Å². The molecule has 2 aliphatic heterocycles. The molecular weight excluding hydrogens is 601 g/mol. The van der Waals surface area contributed by atoms with Crippen molar-refractivity contribution in [2.75, 3.05) is 78.8 Å². The van der Waals surface area contributed by atoms with Crippen molar-refractivity contribution in [3.8, 4) is 11.5 Å². The Labute approximate surface area is 262 Å². The van der Waals surface area contributed by atoms with E-state index < -0.39 is 0 Å². The molecule has 0 bridgehead atoms. The molecule has 228 valence electrons. The highest BCUT2D eigenvalue weighted by atomic mass is 32.1. The Morgan fingerprint density at radius 3 is 2.07 bits per heavy atom. The van der Waals surface area contributed by atoms with Crippen LogP contribution in [-0.2, 0) is 9.47 Å².